The van der Waals surface area contributed by atoms with Crippen LogP contribution in [0.4, 0.5) is 0 Å². The van der Waals surface area contributed by atoms with Crippen LogP contribution >= 0.6 is 11.6 Å². The first kappa shape index (κ1) is 13.8. The number of allylic oxidation sites excluding steroid dienone is 1. The second-order valence-electron chi connectivity index (χ2n) is 7.41. The molecule has 4 fully saturated rings. The minimum absolute atomic E-state index is 0.665. The number of halogens is 1. The van der Waals surface area contributed by atoms with Crippen molar-refractivity contribution in [2.24, 2.45) is 29.4 Å². The number of aryl methyl sites for hydroxylation is 1. The molecule has 1 nitrogen and oxygen atoms in total. The van der Waals surface area contributed by atoms with E-state index < -0.39 is 0 Å². The highest BCUT2D eigenvalue weighted by atomic mass is 35.5. The predicted molar refractivity (Wildman–Crippen MR) is 89.2 cm³/mol. The predicted octanol–water partition coefficient (Wildman–Crippen LogP) is 4.82. The molecule has 0 spiro atoms. The third kappa shape index (κ3) is 2.26. The highest BCUT2D eigenvalue weighted by Crippen LogP contribution is 2.57. The Labute approximate surface area is 132 Å². The molecule has 2 N–H and O–H groups in total. The van der Waals surface area contributed by atoms with Gasteiger partial charge in [-0.15, -0.1) is 0 Å². The summed E-state index contributed by atoms with van der Waals surface area (Å²) in [7, 11) is 0. The summed E-state index contributed by atoms with van der Waals surface area (Å²) in [6.45, 7) is 2.75. The Morgan fingerprint density at radius 1 is 1.10 bits per heavy atom. The molecule has 5 rings (SSSR count). The third-order valence-corrected chi connectivity index (χ3v) is 6.50. The van der Waals surface area contributed by atoms with E-state index in [1.165, 1.54) is 43.2 Å². The van der Waals surface area contributed by atoms with Gasteiger partial charge >= 0.3 is 0 Å². The van der Waals surface area contributed by atoms with Crippen molar-refractivity contribution in [3.63, 3.8) is 0 Å². The van der Waals surface area contributed by atoms with Gasteiger partial charge in [-0.25, -0.2) is 0 Å². The van der Waals surface area contributed by atoms with Crippen LogP contribution in [-0.4, -0.2) is 6.54 Å². The summed E-state index contributed by atoms with van der Waals surface area (Å²) >= 11 is 6.19. The summed E-state index contributed by atoms with van der Waals surface area (Å²) in [5.41, 5.74) is 11.8. The highest BCUT2D eigenvalue weighted by molar-refractivity contribution is 6.31. The summed E-state index contributed by atoms with van der Waals surface area (Å²) in [6, 6.07) is 6.41. The lowest BCUT2D eigenvalue weighted by atomic mass is 9.53. The quantitative estimate of drug-likeness (QED) is 0.833. The molecular weight excluding hydrogens is 278 g/mol. The number of hydrogen-bond acceptors (Lipinski definition) is 1. The molecule has 112 valence electrons. The minimum Gasteiger partial charge on any atom is -0.326 e. The Kier molecular flexibility index (Phi) is 3.39. The van der Waals surface area contributed by atoms with Crippen molar-refractivity contribution in [1.82, 2.24) is 0 Å². The van der Waals surface area contributed by atoms with Gasteiger partial charge in [0.15, 0.2) is 0 Å². The lowest BCUT2D eigenvalue weighted by Gasteiger charge is -2.52. The summed E-state index contributed by atoms with van der Waals surface area (Å²) in [4.78, 5) is 0. The minimum atomic E-state index is 0.665. The second-order valence-corrected chi connectivity index (χ2v) is 7.81. The SMILES string of the molecule is Cc1cc(C(CN)=C2C3CC4CC(C3)CC2C4)ccc1Cl. The Morgan fingerprint density at radius 3 is 2.24 bits per heavy atom. The van der Waals surface area contributed by atoms with Crippen LogP contribution in [0.25, 0.3) is 5.57 Å². The van der Waals surface area contributed by atoms with Crippen molar-refractivity contribution in [3.8, 4) is 0 Å². The van der Waals surface area contributed by atoms with Crippen LogP contribution in [0.2, 0.25) is 5.02 Å². The van der Waals surface area contributed by atoms with Gasteiger partial charge in [0.1, 0.15) is 0 Å². The lowest BCUT2D eigenvalue weighted by molar-refractivity contribution is 0.0703. The van der Waals surface area contributed by atoms with Crippen LogP contribution in [0.5, 0.6) is 0 Å². The van der Waals surface area contributed by atoms with Gasteiger partial charge in [-0.3, -0.25) is 0 Å². The molecule has 4 aliphatic carbocycles. The van der Waals surface area contributed by atoms with Crippen molar-refractivity contribution in [3.05, 3.63) is 39.9 Å². The Morgan fingerprint density at radius 2 is 1.71 bits per heavy atom. The molecule has 0 radical (unpaired) electrons. The summed E-state index contributed by atoms with van der Waals surface area (Å²) < 4.78 is 0. The van der Waals surface area contributed by atoms with Crippen LogP contribution in [-0.2, 0) is 0 Å². The van der Waals surface area contributed by atoms with Gasteiger partial charge in [0, 0.05) is 11.6 Å². The molecular formula is C19H24ClN. The van der Waals surface area contributed by atoms with E-state index in [1.54, 1.807) is 5.57 Å². The number of rotatable bonds is 2. The molecule has 1 aromatic carbocycles. The van der Waals surface area contributed by atoms with Crippen molar-refractivity contribution in [2.45, 2.75) is 39.0 Å². The van der Waals surface area contributed by atoms with Crippen LogP contribution in [0.3, 0.4) is 0 Å². The maximum atomic E-state index is 6.19. The molecule has 0 amide bonds. The van der Waals surface area contributed by atoms with Gasteiger partial charge in [-0.1, -0.05) is 29.3 Å². The highest BCUT2D eigenvalue weighted by Gasteiger charge is 2.45. The maximum absolute atomic E-state index is 6.19. The maximum Gasteiger partial charge on any atom is 0.0435 e. The van der Waals surface area contributed by atoms with E-state index in [0.29, 0.717) is 6.54 Å². The molecule has 1 aromatic rings. The summed E-state index contributed by atoms with van der Waals surface area (Å²) in [6.07, 6.45) is 7.16. The first-order valence-corrected chi connectivity index (χ1v) is 8.73. The topological polar surface area (TPSA) is 26.0 Å². The zero-order chi connectivity index (χ0) is 14.6. The molecule has 0 atom stereocenters. The van der Waals surface area contributed by atoms with Gasteiger partial charge < -0.3 is 5.73 Å². The normalized spacial score (nSPS) is 33.6. The van der Waals surface area contributed by atoms with E-state index in [2.05, 4.69) is 19.1 Å². The summed E-state index contributed by atoms with van der Waals surface area (Å²) in [5.74, 6) is 3.64. The fourth-order valence-corrected chi connectivity index (χ4v) is 5.54. The molecule has 21 heavy (non-hydrogen) atoms. The molecule has 4 aliphatic rings. The Hall–Kier alpha value is -0.790. The average molecular weight is 302 g/mol. The van der Waals surface area contributed by atoms with Crippen LogP contribution < -0.4 is 5.73 Å². The van der Waals surface area contributed by atoms with Crippen molar-refractivity contribution in [2.75, 3.05) is 6.54 Å². The van der Waals surface area contributed by atoms with E-state index in [9.17, 15) is 0 Å². The molecule has 4 bridgehead atoms. The molecule has 0 heterocycles. The molecule has 0 aromatic heterocycles. The van der Waals surface area contributed by atoms with Gasteiger partial charge in [-0.2, -0.15) is 0 Å². The van der Waals surface area contributed by atoms with E-state index >= 15 is 0 Å². The fraction of sp³-hybridized carbons (Fsp3) is 0.579. The van der Waals surface area contributed by atoms with Gasteiger partial charge in [0.25, 0.3) is 0 Å². The van der Waals surface area contributed by atoms with E-state index in [4.69, 9.17) is 17.3 Å². The number of benzene rings is 1. The van der Waals surface area contributed by atoms with Gasteiger partial charge in [-0.05, 0) is 85.5 Å². The lowest BCUT2D eigenvalue weighted by Crippen LogP contribution is -2.41. The van der Waals surface area contributed by atoms with Crippen LogP contribution in [0, 0.1) is 30.6 Å². The fourth-order valence-electron chi connectivity index (χ4n) is 5.42. The first-order valence-electron chi connectivity index (χ1n) is 8.35. The van der Waals surface area contributed by atoms with E-state index in [0.717, 1.165) is 34.3 Å². The standard InChI is InChI=1S/C19H24ClN/c1-11-4-14(2-3-18(11)20)17(10-21)19-15-6-12-5-13(8-15)9-16(19)7-12/h2-4,12-13,15-16H,5-10,21H2,1H3. The zero-order valence-electron chi connectivity index (χ0n) is 12.7. The van der Waals surface area contributed by atoms with E-state index in [1.807, 2.05) is 6.07 Å². The molecule has 0 aliphatic heterocycles. The second kappa shape index (κ2) is 5.14. The van der Waals surface area contributed by atoms with Crippen molar-refractivity contribution < 1.29 is 0 Å². The average Bonchev–Trinajstić information content (AvgIpc) is 2.45. The van der Waals surface area contributed by atoms with Crippen LogP contribution in [0.15, 0.2) is 23.8 Å². The van der Waals surface area contributed by atoms with Crippen molar-refractivity contribution in [1.29, 1.82) is 0 Å². The van der Waals surface area contributed by atoms with Crippen LogP contribution in [0.1, 0.15) is 43.2 Å². The van der Waals surface area contributed by atoms with E-state index in [-0.39, 0.29) is 0 Å². The molecule has 4 saturated carbocycles. The largest absolute Gasteiger partial charge is 0.326 e. The van der Waals surface area contributed by atoms with Crippen molar-refractivity contribution >= 4 is 17.2 Å². The summed E-state index contributed by atoms with van der Waals surface area (Å²) in [5, 5.41) is 0.852. The number of hydrogen-bond donors (Lipinski definition) is 1. The Bertz CT molecular complexity index is 572. The van der Waals surface area contributed by atoms with Gasteiger partial charge in [0.05, 0.1) is 0 Å². The third-order valence-electron chi connectivity index (χ3n) is 6.08. The van der Waals surface area contributed by atoms with Gasteiger partial charge in [0.2, 0.25) is 0 Å². The number of nitrogens with two attached hydrogens (primary N) is 1. The molecule has 0 unspecified atom stereocenters. The zero-order valence-corrected chi connectivity index (χ0v) is 13.5. The monoisotopic (exact) mass is 301 g/mol. The molecule has 0 saturated heterocycles. The Balaban J connectivity index is 1.79. The molecule has 2 heteroatoms. The first-order chi connectivity index (χ1) is 10.2. The smallest absolute Gasteiger partial charge is 0.0435 e.